The molecular weight excluding hydrogens is 92.0 g/mol. The molecule has 1 atom stereocenters. The first-order valence-electron chi connectivity index (χ1n) is 0.482. The molecule has 0 aromatic heterocycles. The third kappa shape index (κ3) is 23.0. The molecule has 0 fully saturated rings. The van der Waals surface area contributed by atoms with Crippen LogP contribution >= 0.6 is 17.0 Å². The standard InChI is InChI=1S/H3NP2.H2O/c1-3-2;/h1H,2H2;1H2. The SMILES string of the molecule is N=PP.O. The van der Waals surface area contributed by atoms with Crippen molar-refractivity contribution in [3.63, 3.8) is 0 Å². The van der Waals surface area contributed by atoms with Crippen molar-refractivity contribution in [3.8, 4) is 0 Å². The molecule has 0 rings (SSSR count). The lowest BCUT2D eigenvalue weighted by molar-refractivity contribution is 0.824. The minimum Gasteiger partial charge on any atom is -0.412 e. The van der Waals surface area contributed by atoms with Crippen LogP contribution in [-0.2, 0) is 0 Å². The maximum atomic E-state index is 6.14. The van der Waals surface area contributed by atoms with Crippen molar-refractivity contribution in [1.82, 2.24) is 0 Å². The van der Waals surface area contributed by atoms with Crippen LogP contribution in [0.25, 0.3) is 0 Å². The smallest absolute Gasteiger partial charge is 0.0190 e. The topological polar surface area (TPSA) is 55.4 Å². The summed E-state index contributed by atoms with van der Waals surface area (Å²) in [4.78, 5) is 0. The van der Waals surface area contributed by atoms with E-state index in [9.17, 15) is 0 Å². The van der Waals surface area contributed by atoms with Crippen LogP contribution in [0, 0.1) is 5.16 Å². The van der Waals surface area contributed by atoms with Crippen molar-refractivity contribution >= 4 is 17.0 Å². The summed E-state index contributed by atoms with van der Waals surface area (Å²) in [5.74, 6) is 0. The lowest BCUT2D eigenvalue weighted by atomic mass is 14.0. The highest BCUT2D eigenvalue weighted by atomic mass is 32.0. The molecule has 2 nitrogen and oxygen atoms in total. The molecule has 0 aliphatic heterocycles. The van der Waals surface area contributed by atoms with Crippen LogP contribution in [0.3, 0.4) is 0 Å². The largest absolute Gasteiger partial charge is 0.412 e. The minimum atomic E-state index is 0. The summed E-state index contributed by atoms with van der Waals surface area (Å²) in [7, 11) is 2.80. The predicted octanol–water partition coefficient (Wildman–Crippen LogP) is 0.660. The monoisotopic (exact) mass is 97.0 g/mol. The first kappa shape index (κ1) is 8.82. The maximum Gasteiger partial charge on any atom is 0.0190 e. The summed E-state index contributed by atoms with van der Waals surface area (Å²) < 4.78 is 0. The molecule has 3 N–H and O–H groups in total. The van der Waals surface area contributed by atoms with Gasteiger partial charge in [0.25, 0.3) is 0 Å². The summed E-state index contributed by atoms with van der Waals surface area (Å²) in [6, 6.07) is 0. The summed E-state index contributed by atoms with van der Waals surface area (Å²) in [5, 5.41) is 6.14. The second-order valence-corrected chi connectivity index (χ2v) is 1.16. The zero-order valence-electron chi connectivity index (χ0n) is 2.02. The summed E-state index contributed by atoms with van der Waals surface area (Å²) in [5.41, 5.74) is 0. The van der Waals surface area contributed by atoms with Crippen LogP contribution in [0.1, 0.15) is 0 Å². The van der Waals surface area contributed by atoms with Crippen molar-refractivity contribution in [3.05, 3.63) is 0 Å². The molecule has 0 bridgehead atoms. The van der Waals surface area contributed by atoms with Gasteiger partial charge in [-0.1, -0.05) is 8.93 Å². The molecule has 0 aromatic carbocycles. The van der Waals surface area contributed by atoms with E-state index in [-0.39, 0.29) is 5.48 Å². The molecule has 0 aromatic rings. The van der Waals surface area contributed by atoms with Crippen LogP contribution in [0.15, 0.2) is 0 Å². The van der Waals surface area contributed by atoms with E-state index >= 15 is 0 Å². The van der Waals surface area contributed by atoms with E-state index in [0.717, 1.165) is 0 Å². The average Bonchev–Trinajstić information content (AvgIpc) is 0.918. The number of nitrogens with one attached hydrogen (secondary N) is 1. The van der Waals surface area contributed by atoms with Crippen molar-refractivity contribution in [2.24, 2.45) is 0 Å². The van der Waals surface area contributed by atoms with Crippen LogP contribution in [-0.4, -0.2) is 5.48 Å². The molecule has 26 valence electrons. The van der Waals surface area contributed by atoms with Gasteiger partial charge in [0, 0.05) is 8.06 Å². The molecular formula is H5NOP2. The molecule has 0 aliphatic carbocycles. The van der Waals surface area contributed by atoms with Crippen molar-refractivity contribution in [2.75, 3.05) is 0 Å². The van der Waals surface area contributed by atoms with E-state index in [1.807, 2.05) is 0 Å². The molecule has 0 aliphatic rings. The third-order valence-corrected chi connectivity index (χ3v) is 0. The quantitative estimate of drug-likeness (QED) is 0.431. The second-order valence-electron chi connectivity index (χ2n) is 0.129. The Kier molecular flexibility index (Phi) is 21.5. The van der Waals surface area contributed by atoms with E-state index in [4.69, 9.17) is 5.16 Å². The zero-order valence-corrected chi connectivity index (χ0v) is 4.07. The first-order valence-corrected chi connectivity index (χ1v) is 2.99. The van der Waals surface area contributed by atoms with Crippen LogP contribution < -0.4 is 0 Å². The van der Waals surface area contributed by atoms with E-state index in [1.54, 1.807) is 0 Å². The van der Waals surface area contributed by atoms with Crippen molar-refractivity contribution < 1.29 is 5.48 Å². The summed E-state index contributed by atoms with van der Waals surface area (Å²) in [6.45, 7) is 0. The molecule has 0 spiro atoms. The fourth-order valence-corrected chi connectivity index (χ4v) is 0. The first-order chi connectivity index (χ1) is 1.41. The fourth-order valence-electron chi connectivity index (χ4n) is 0. The molecule has 0 saturated carbocycles. The van der Waals surface area contributed by atoms with Gasteiger partial charge in [-0.25, -0.2) is 0 Å². The Labute approximate surface area is 28.7 Å². The van der Waals surface area contributed by atoms with E-state index < -0.39 is 0 Å². The van der Waals surface area contributed by atoms with Gasteiger partial charge in [0.2, 0.25) is 0 Å². The van der Waals surface area contributed by atoms with Crippen LogP contribution in [0.2, 0.25) is 0 Å². The molecule has 4 heavy (non-hydrogen) atoms. The van der Waals surface area contributed by atoms with Gasteiger partial charge in [-0.15, -0.1) is 0 Å². The maximum absolute atomic E-state index is 6.14. The predicted molar refractivity (Wildman–Crippen MR) is 23.0 cm³/mol. The van der Waals surface area contributed by atoms with Crippen molar-refractivity contribution in [2.45, 2.75) is 0 Å². The molecule has 4 heteroatoms. The molecule has 0 heterocycles. The lowest BCUT2D eigenvalue weighted by Crippen LogP contribution is -0.582. The highest BCUT2D eigenvalue weighted by molar-refractivity contribution is 7.96. The van der Waals surface area contributed by atoms with Gasteiger partial charge in [0.1, 0.15) is 0 Å². The minimum absolute atomic E-state index is 0. The molecule has 0 amide bonds. The van der Waals surface area contributed by atoms with Gasteiger partial charge in [-0.05, 0) is 0 Å². The van der Waals surface area contributed by atoms with Gasteiger partial charge in [-0.3, -0.25) is 5.16 Å². The van der Waals surface area contributed by atoms with Crippen LogP contribution in [0.5, 0.6) is 0 Å². The van der Waals surface area contributed by atoms with Crippen LogP contribution in [0.4, 0.5) is 0 Å². The Morgan fingerprint density at radius 3 is 1.75 bits per heavy atom. The van der Waals surface area contributed by atoms with E-state index in [2.05, 4.69) is 8.93 Å². The average molecular weight is 97.0 g/mol. The Hall–Kier alpha value is 0.490. The van der Waals surface area contributed by atoms with Gasteiger partial charge >= 0.3 is 0 Å². The van der Waals surface area contributed by atoms with Gasteiger partial charge in [0.05, 0.1) is 0 Å². The van der Waals surface area contributed by atoms with Crippen molar-refractivity contribution in [1.29, 1.82) is 5.16 Å². The molecule has 0 radical (unpaired) electrons. The zero-order chi connectivity index (χ0) is 2.71. The number of hydrogen-bond acceptors (Lipinski definition) is 1. The van der Waals surface area contributed by atoms with E-state index in [0.29, 0.717) is 8.06 Å². The Morgan fingerprint density at radius 1 is 1.75 bits per heavy atom. The highest BCUT2D eigenvalue weighted by Crippen LogP contribution is 2.00. The normalized spacial score (nSPS) is 5.25. The summed E-state index contributed by atoms with van der Waals surface area (Å²) in [6.07, 6.45) is 0. The molecule has 0 saturated heterocycles. The molecule has 1 unspecified atom stereocenters. The van der Waals surface area contributed by atoms with Gasteiger partial charge in [0.15, 0.2) is 0 Å². The number of hydrogen-bond donors (Lipinski definition) is 1. The Balaban J connectivity index is 0. The lowest BCUT2D eigenvalue weighted by Gasteiger charge is -1.29. The van der Waals surface area contributed by atoms with Gasteiger partial charge < -0.3 is 5.48 Å². The van der Waals surface area contributed by atoms with Gasteiger partial charge in [-0.2, -0.15) is 0 Å². The third-order valence-electron chi connectivity index (χ3n) is 0. The van der Waals surface area contributed by atoms with E-state index in [1.165, 1.54) is 0 Å². The second kappa shape index (κ2) is 9.75. The Bertz CT molecular complexity index is 13.5. The number of rotatable bonds is 0. The summed E-state index contributed by atoms with van der Waals surface area (Å²) >= 11 is 0. The Morgan fingerprint density at radius 2 is 1.75 bits per heavy atom. The highest BCUT2D eigenvalue weighted by Gasteiger charge is 1.17. The fraction of sp³-hybridized carbons (Fsp3) is 0.